The van der Waals surface area contributed by atoms with E-state index < -0.39 is 101 Å². The third-order valence-electron chi connectivity index (χ3n) is 13.0. The van der Waals surface area contributed by atoms with E-state index in [9.17, 15) is 43.1 Å². The van der Waals surface area contributed by atoms with Gasteiger partial charge in [-0.25, -0.2) is 4.79 Å². The number of hydrogen-bond donors (Lipinski definition) is 9. The Kier molecular flexibility index (Phi) is 18.0. The summed E-state index contributed by atoms with van der Waals surface area (Å²) in [5.74, 6) is -5.98. The van der Waals surface area contributed by atoms with E-state index in [-0.39, 0.29) is 18.8 Å². The lowest BCUT2D eigenvalue weighted by molar-refractivity contribution is -0.136. The SMILES string of the molecule is CC(C)[C@H](NC(=O)[C@@H](N)CNC(=O)c1[nH]c(=O)[nH]c(=O)c1F)C(=O)N[C@@H](CC1CCCCC1)C(=O)N[C@@H](Cc1ccccc1)[C@@H](O)C(=O)NC1(c2ccccc2)CCN(Cc2ccccc2)CC1. The largest absolute Gasteiger partial charge is 0.381 e. The minimum Gasteiger partial charge on any atom is -0.381 e. The number of aromatic amines is 2. The van der Waals surface area contributed by atoms with E-state index in [1.54, 1.807) is 18.8 Å². The fraction of sp³-hybridized carbons (Fsp3) is 0.460. The summed E-state index contributed by atoms with van der Waals surface area (Å²) < 4.78 is 14.2. The van der Waals surface area contributed by atoms with Gasteiger partial charge in [-0.2, -0.15) is 4.39 Å². The zero-order valence-electron chi connectivity index (χ0n) is 38.6. The number of piperidine rings is 1. The van der Waals surface area contributed by atoms with Crippen molar-refractivity contribution >= 4 is 29.5 Å². The molecule has 1 saturated heterocycles. The number of benzene rings is 3. The summed E-state index contributed by atoms with van der Waals surface area (Å²) in [7, 11) is 0. The first kappa shape index (κ1) is 50.9. The molecule has 3 aromatic carbocycles. The van der Waals surface area contributed by atoms with Gasteiger partial charge >= 0.3 is 5.69 Å². The summed E-state index contributed by atoms with van der Waals surface area (Å²) in [5, 5.41) is 25.9. The maximum absolute atomic E-state index is 14.6. The van der Waals surface area contributed by atoms with Gasteiger partial charge in [0.05, 0.1) is 11.6 Å². The van der Waals surface area contributed by atoms with Crippen LogP contribution in [0.2, 0.25) is 0 Å². The molecule has 5 atom stereocenters. The summed E-state index contributed by atoms with van der Waals surface area (Å²) in [6, 6.07) is 24.2. The second-order valence-corrected chi connectivity index (χ2v) is 18.4. The van der Waals surface area contributed by atoms with Gasteiger partial charge in [0.15, 0.2) is 6.10 Å². The van der Waals surface area contributed by atoms with Crippen LogP contribution < -0.4 is 43.6 Å². The molecule has 17 nitrogen and oxygen atoms in total. The average Bonchev–Trinajstić information content (AvgIpc) is 3.34. The van der Waals surface area contributed by atoms with Gasteiger partial charge in [0.1, 0.15) is 23.8 Å². The van der Waals surface area contributed by atoms with E-state index in [4.69, 9.17) is 5.73 Å². The Labute approximate surface area is 394 Å². The number of nitrogens with one attached hydrogen (secondary N) is 7. The highest BCUT2D eigenvalue weighted by atomic mass is 19.1. The standard InChI is InChI=1S/C50H64FN9O8/c1-31(2)40(56-43(62)36(52)29-53-46(65)41-39(51)45(64)58-49(68)57-41)47(66)55-38(28-33-17-9-4-10-18-33)44(63)54-37(27-32-15-7-3-8-16-32)42(61)48(67)59-50(35-21-13-6-14-22-35)23-25-60(26-24-50)30-34-19-11-5-12-20-34/h3,5-8,11-16,19-22,31,33,36-38,40,42,61H,4,9-10,17-18,23-30,52H2,1-2H3,(H,53,65)(H,54,63)(H,55,66)(H,56,62)(H,59,67)(H2,57,58,64,68)/t36-,37-,38-,40-,42+/m0/s1. The molecule has 6 rings (SSSR count). The number of aromatic nitrogens is 2. The van der Waals surface area contributed by atoms with Crippen molar-refractivity contribution in [2.75, 3.05) is 19.6 Å². The smallest absolute Gasteiger partial charge is 0.326 e. The Hall–Kier alpha value is -6.50. The number of H-pyrrole nitrogens is 2. The maximum atomic E-state index is 14.6. The molecule has 4 aromatic rings. The van der Waals surface area contributed by atoms with Gasteiger partial charge in [0.2, 0.25) is 23.5 Å². The van der Waals surface area contributed by atoms with Crippen molar-refractivity contribution in [2.24, 2.45) is 17.6 Å². The first-order valence-electron chi connectivity index (χ1n) is 23.4. The summed E-state index contributed by atoms with van der Waals surface area (Å²) in [4.78, 5) is 98.2. The number of halogens is 1. The third-order valence-corrected chi connectivity index (χ3v) is 13.0. The fourth-order valence-electron chi connectivity index (χ4n) is 9.12. The minimum atomic E-state index is -1.70. The van der Waals surface area contributed by atoms with Crippen molar-refractivity contribution in [3.8, 4) is 0 Å². The zero-order chi connectivity index (χ0) is 48.8. The van der Waals surface area contributed by atoms with Gasteiger partial charge in [-0.1, -0.05) is 137 Å². The molecule has 68 heavy (non-hydrogen) atoms. The van der Waals surface area contributed by atoms with Crippen LogP contribution in [-0.2, 0) is 37.7 Å². The van der Waals surface area contributed by atoms with Crippen LogP contribution in [0.1, 0.15) is 92.4 Å². The summed E-state index contributed by atoms with van der Waals surface area (Å²) in [6.07, 6.45) is 4.46. The van der Waals surface area contributed by atoms with E-state index in [2.05, 4.69) is 43.6 Å². The Morgan fingerprint density at radius 2 is 1.38 bits per heavy atom. The zero-order valence-corrected chi connectivity index (χ0v) is 38.6. The van der Waals surface area contributed by atoms with Gasteiger partial charge in [-0.15, -0.1) is 0 Å². The average molecular weight is 938 g/mol. The lowest BCUT2D eigenvalue weighted by Gasteiger charge is -2.43. The van der Waals surface area contributed by atoms with Crippen molar-refractivity contribution in [1.29, 1.82) is 0 Å². The number of aliphatic hydroxyl groups excluding tert-OH is 1. The van der Waals surface area contributed by atoms with Gasteiger partial charge in [0.25, 0.3) is 17.4 Å². The molecular formula is C50H64FN9O8. The molecule has 5 amide bonds. The molecule has 18 heteroatoms. The van der Waals surface area contributed by atoms with Crippen molar-refractivity contribution in [3.63, 3.8) is 0 Å². The summed E-state index contributed by atoms with van der Waals surface area (Å²) in [6.45, 7) is 4.94. The van der Waals surface area contributed by atoms with Crippen LogP contribution in [0, 0.1) is 17.7 Å². The summed E-state index contributed by atoms with van der Waals surface area (Å²) >= 11 is 0. The highest BCUT2D eigenvalue weighted by molar-refractivity contribution is 5.95. The topological polar surface area (TPSA) is 261 Å². The molecule has 1 saturated carbocycles. The number of nitrogens with zero attached hydrogens (tertiary/aromatic N) is 1. The lowest BCUT2D eigenvalue weighted by Crippen LogP contribution is -2.61. The Morgan fingerprint density at radius 1 is 0.779 bits per heavy atom. The van der Waals surface area contributed by atoms with Crippen LogP contribution in [0.15, 0.2) is 101 Å². The molecule has 2 fully saturated rings. The summed E-state index contributed by atoms with van der Waals surface area (Å²) in [5.41, 5.74) is 4.65. The molecule has 10 N–H and O–H groups in total. The van der Waals surface area contributed by atoms with Gasteiger partial charge < -0.3 is 42.4 Å². The third kappa shape index (κ3) is 13.8. The number of carbonyl (C=O) groups is 5. The number of aliphatic hydroxyl groups is 1. The van der Waals surface area contributed by atoms with E-state index in [1.807, 2.05) is 83.8 Å². The van der Waals surface area contributed by atoms with Crippen LogP contribution in [-0.4, -0.2) is 99.4 Å². The quantitative estimate of drug-likeness (QED) is 0.0625. The highest BCUT2D eigenvalue weighted by Crippen LogP contribution is 2.34. The molecule has 2 heterocycles. The highest BCUT2D eigenvalue weighted by Gasteiger charge is 2.41. The molecule has 0 bridgehead atoms. The van der Waals surface area contributed by atoms with Crippen molar-refractivity contribution in [1.82, 2.24) is 41.5 Å². The molecular weight excluding hydrogens is 874 g/mol. The number of carbonyl (C=O) groups excluding carboxylic acids is 5. The first-order valence-corrected chi connectivity index (χ1v) is 23.4. The van der Waals surface area contributed by atoms with E-state index in [0.29, 0.717) is 25.9 Å². The molecule has 1 aromatic heterocycles. The number of nitrogens with two attached hydrogens (primary N) is 1. The predicted molar refractivity (Wildman–Crippen MR) is 253 cm³/mol. The van der Waals surface area contributed by atoms with Crippen molar-refractivity contribution in [2.45, 2.75) is 114 Å². The lowest BCUT2D eigenvalue weighted by atomic mass is 9.80. The molecule has 0 unspecified atom stereocenters. The maximum Gasteiger partial charge on any atom is 0.326 e. The Balaban J connectivity index is 1.17. The molecule has 0 spiro atoms. The second-order valence-electron chi connectivity index (χ2n) is 18.4. The molecule has 364 valence electrons. The molecule has 0 radical (unpaired) electrons. The Bertz CT molecular complexity index is 2440. The Morgan fingerprint density at radius 3 is 2.00 bits per heavy atom. The minimum absolute atomic E-state index is 0.0863. The number of likely N-dealkylation sites (tertiary alicyclic amines) is 1. The number of amides is 5. The number of hydrogen-bond acceptors (Lipinski definition) is 10. The van der Waals surface area contributed by atoms with E-state index in [1.165, 1.54) is 5.56 Å². The van der Waals surface area contributed by atoms with Crippen LogP contribution >= 0.6 is 0 Å². The van der Waals surface area contributed by atoms with Crippen LogP contribution in [0.25, 0.3) is 0 Å². The van der Waals surface area contributed by atoms with E-state index in [0.717, 1.165) is 49.8 Å². The second kappa shape index (κ2) is 24.0. The van der Waals surface area contributed by atoms with Gasteiger partial charge in [-0.3, -0.25) is 38.7 Å². The van der Waals surface area contributed by atoms with Crippen LogP contribution in [0.4, 0.5) is 4.39 Å². The van der Waals surface area contributed by atoms with Crippen LogP contribution in [0.3, 0.4) is 0 Å². The van der Waals surface area contributed by atoms with Gasteiger partial charge in [0, 0.05) is 26.2 Å². The normalized spacial score (nSPS) is 17.4. The van der Waals surface area contributed by atoms with Crippen LogP contribution in [0.5, 0.6) is 0 Å². The fourth-order valence-corrected chi connectivity index (χ4v) is 9.12. The van der Waals surface area contributed by atoms with Gasteiger partial charge in [-0.05, 0) is 54.2 Å². The molecule has 1 aliphatic heterocycles. The van der Waals surface area contributed by atoms with Crippen molar-refractivity contribution < 1.29 is 33.5 Å². The molecule has 2 aliphatic rings. The number of rotatable bonds is 20. The monoisotopic (exact) mass is 937 g/mol. The molecule has 1 aliphatic carbocycles. The predicted octanol–water partition coefficient (Wildman–Crippen LogP) is 2.25. The van der Waals surface area contributed by atoms with E-state index >= 15 is 0 Å². The van der Waals surface area contributed by atoms with Crippen molar-refractivity contribution in [3.05, 3.63) is 140 Å². The first-order chi connectivity index (χ1) is 32.6.